The Morgan fingerprint density at radius 2 is 1.68 bits per heavy atom. The Kier molecular flexibility index (Phi) is 12.2. The van der Waals surface area contributed by atoms with Crippen molar-refractivity contribution < 1.29 is 29.6 Å². The van der Waals surface area contributed by atoms with E-state index >= 15 is 0 Å². The first-order chi connectivity index (χ1) is 19.5. The molecule has 1 heterocycles. The van der Waals surface area contributed by atoms with Gasteiger partial charge in [-0.05, 0) is 61.9 Å². The summed E-state index contributed by atoms with van der Waals surface area (Å²) in [4.78, 5) is 14.3. The van der Waals surface area contributed by atoms with E-state index in [4.69, 9.17) is 14.6 Å². The molecule has 1 aliphatic carbocycles. The van der Waals surface area contributed by atoms with Crippen LogP contribution in [0.1, 0.15) is 56.9 Å². The summed E-state index contributed by atoms with van der Waals surface area (Å²) in [5.74, 6) is -0.141. The van der Waals surface area contributed by atoms with Crippen LogP contribution < -0.4 is 0 Å². The molecule has 7 heteroatoms. The summed E-state index contributed by atoms with van der Waals surface area (Å²) in [6, 6.07) is 19.0. The predicted molar refractivity (Wildman–Crippen MR) is 155 cm³/mol. The average molecular weight is 552 g/mol. The standard InChI is InChI=1S/C33H45NO6/c35-22-28(36)24-40-32(38)14-8-2-1-7-13-29-31(21-30(37)33(29)34-19-9-4-10-20-34)39-23-25-15-17-27(18-16-25)26-11-5-3-6-12-26/h1-3,5-6,11-12,15-18,28-31,33,35-37H,4,7-10,13-14,19-24H2/t28?,29-,30-,31-,33+/m0/s1. The van der Waals surface area contributed by atoms with Crippen LogP contribution in [0.4, 0.5) is 0 Å². The summed E-state index contributed by atoms with van der Waals surface area (Å²) < 4.78 is 11.4. The minimum Gasteiger partial charge on any atom is -0.463 e. The van der Waals surface area contributed by atoms with Gasteiger partial charge >= 0.3 is 5.97 Å². The monoisotopic (exact) mass is 551 g/mol. The summed E-state index contributed by atoms with van der Waals surface area (Å²) in [5.41, 5.74) is 3.52. The predicted octanol–water partition coefficient (Wildman–Crippen LogP) is 4.49. The number of aliphatic hydroxyl groups is 3. The van der Waals surface area contributed by atoms with E-state index in [0.29, 0.717) is 19.4 Å². The van der Waals surface area contributed by atoms with Gasteiger partial charge in [-0.2, -0.15) is 0 Å². The molecule has 1 saturated carbocycles. The molecule has 5 atom stereocenters. The summed E-state index contributed by atoms with van der Waals surface area (Å²) >= 11 is 0. The Morgan fingerprint density at radius 3 is 2.40 bits per heavy atom. The molecule has 1 unspecified atom stereocenters. The number of hydrogen-bond acceptors (Lipinski definition) is 7. The lowest BCUT2D eigenvalue weighted by molar-refractivity contribution is -0.147. The van der Waals surface area contributed by atoms with Crippen molar-refractivity contribution in [2.24, 2.45) is 5.92 Å². The van der Waals surface area contributed by atoms with Gasteiger partial charge in [0.05, 0.1) is 25.4 Å². The van der Waals surface area contributed by atoms with Gasteiger partial charge in [-0.3, -0.25) is 9.69 Å². The van der Waals surface area contributed by atoms with Crippen molar-refractivity contribution >= 4 is 5.97 Å². The van der Waals surface area contributed by atoms with Gasteiger partial charge in [-0.1, -0.05) is 73.2 Å². The van der Waals surface area contributed by atoms with Crippen molar-refractivity contribution in [2.75, 3.05) is 26.3 Å². The number of allylic oxidation sites excluding steroid dienone is 2. The van der Waals surface area contributed by atoms with E-state index in [-0.39, 0.29) is 43.2 Å². The number of carbonyl (C=O) groups is 1. The first kappa shape index (κ1) is 30.4. The third kappa shape index (κ3) is 8.98. The fourth-order valence-corrected chi connectivity index (χ4v) is 6.00. The Balaban J connectivity index is 1.30. The summed E-state index contributed by atoms with van der Waals surface area (Å²) in [6.45, 7) is 1.99. The fraction of sp³-hybridized carbons (Fsp3) is 0.545. The zero-order valence-electron chi connectivity index (χ0n) is 23.4. The molecule has 3 N–H and O–H groups in total. The molecule has 2 fully saturated rings. The number of esters is 1. The maximum absolute atomic E-state index is 11.8. The Bertz CT molecular complexity index is 1040. The number of aliphatic hydroxyl groups excluding tert-OH is 3. The normalized spacial score (nSPS) is 24.4. The number of hydrogen-bond donors (Lipinski definition) is 3. The van der Waals surface area contributed by atoms with Gasteiger partial charge in [0, 0.05) is 24.8 Å². The van der Waals surface area contributed by atoms with Crippen molar-refractivity contribution in [3.05, 3.63) is 72.3 Å². The Hall–Kier alpha value is -2.55. The first-order valence-corrected chi connectivity index (χ1v) is 14.8. The van der Waals surface area contributed by atoms with Crippen molar-refractivity contribution in [3.8, 4) is 11.1 Å². The lowest BCUT2D eigenvalue weighted by Gasteiger charge is -2.38. The number of piperidine rings is 1. The van der Waals surface area contributed by atoms with Gasteiger partial charge in [0.1, 0.15) is 12.7 Å². The number of rotatable bonds is 14. The van der Waals surface area contributed by atoms with Gasteiger partial charge in [0.25, 0.3) is 0 Å². The van der Waals surface area contributed by atoms with Gasteiger partial charge in [-0.25, -0.2) is 0 Å². The lowest BCUT2D eigenvalue weighted by Crippen LogP contribution is -2.47. The third-order valence-electron chi connectivity index (χ3n) is 8.12. The van der Waals surface area contributed by atoms with Crippen LogP contribution in [0.25, 0.3) is 11.1 Å². The molecule has 0 spiro atoms. The molecule has 1 aliphatic heterocycles. The molecule has 2 aromatic rings. The quantitative estimate of drug-likeness (QED) is 0.235. The summed E-state index contributed by atoms with van der Waals surface area (Å²) in [6.07, 6.45) is 9.53. The number of carbonyl (C=O) groups excluding carboxylic acids is 1. The fourth-order valence-electron chi connectivity index (χ4n) is 6.00. The minimum absolute atomic E-state index is 0.00273. The molecule has 0 radical (unpaired) electrons. The van der Waals surface area contributed by atoms with E-state index < -0.39 is 12.7 Å². The number of benzene rings is 2. The zero-order valence-corrected chi connectivity index (χ0v) is 23.4. The van der Waals surface area contributed by atoms with Gasteiger partial charge in [-0.15, -0.1) is 0 Å². The molecular formula is C33H45NO6. The molecule has 7 nitrogen and oxygen atoms in total. The molecule has 218 valence electrons. The van der Waals surface area contributed by atoms with E-state index in [2.05, 4.69) is 47.4 Å². The third-order valence-corrected chi connectivity index (χ3v) is 8.12. The first-order valence-electron chi connectivity index (χ1n) is 14.8. The van der Waals surface area contributed by atoms with Crippen LogP contribution in [-0.2, 0) is 20.9 Å². The SMILES string of the molecule is O=C(CCC=CCC[C@@H]1[C@@H](N2CCCCC2)[C@@H](O)C[C@@H]1OCc1ccc(-c2ccccc2)cc1)OCC(O)CO. The summed E-state index contributed by atoms with van der Waals surface area (Å²) in [5, 5.41) is 29.2. The van der Waals surface area contributed by atoms with Crippen molar-refractivity contribution in [3.63, 3.8) is 0 Å². The van der Waals surface area contributed by atoms with Crippen molar-refractivity contribution in [2.45, 2.75) is 82.3 Å². The number of nitrogens with zero attached hydrogens (tertiary/aromatic N) is 1. The smallest absolute Gasteiger partial charge is 0.306 e. The van der Waals surface area contributed by atoms with E-state index in [1.165, 1.54) is 30.4 Å². The van der Waals surface area contributed by atoms with Crippen LogP contribution in [0, 0.1) is 5.92 Å². The highest BCUT2D eigenvalue weighted by molar-refractivity contribution is 5.69. The molecule has 0 aromatic heterocycles. The van der Waals surface area contributed by atoms with Crippen molar-refractivity contribution in [1.29, 1.82) is 0 Å². The van der Waals surface area contributed by atoms with Crippen LogP contribution in [-0.4, -0.2) is 76.8 Å². The van der Waals surface area contributed by atoms with E-state index in [1.54, 1.807) is 0 Å². The molecule has 1 saturated heterocycles. The molecule has 0 bridgehead atoms. The van der Waals surface area contributed by atoms with E-state index in [0.717, 1.165) is 31.5 Å². The van der Waals surface area contributed by atoms with Crippen LogP contribution in [0.2, 0.25) is 0 Å². The zero-order chi connectivity index (χ0) is 28.2. The Morgan fingerprint density at radius 1 is 0.975 bits per heavy atom. The van der Waals surface area contributed by atoms with Gasteiger partial charge in [0.15, 0.2) is 0 Å². The summed E-state index contributed by atoms with van der Waals surface area (Å²) in [7, 11) is 0. The second kappa shape index (κ2) is 16.0. The van der Waals surface area contributed by atoms with E-state index in [1.807, 2.05) is 24.3 Å². The Labute approximate surface area is 238 Å². The lowest BCUT2D eigenvalue weighted by atomic mass is 9.92. The highest BCUT2D eigenvalue weighted by Crippen LogP contribution is 2.38. The minimum atomic E-state index is -1.03. The largest absolute Gasteiger partial charge is 0.463 e. The molecule has 0 amide bonds. The number of ether oxygens (including phenoxy) is 2. The average Bonchev–Trinajstić information content (AvgIpc) is 3.32. The maximum atomic E-state index is 11.8. The van der Waals surface area contributed by atoms with Crippen LogP contribution >= 0.6 is 0 Å². The van der Waals surface area contributed by atoms with Crippen molar-refractivity contribution in [1.82, 2.24) is 4.90 Å². The topological polar surface area (TPSA) is 99.5 Å². The number of likely N-dealkylation sites (tertiary alicyclic amines) is 1. The van der Waals surface area contributed by atoms with Crippen LogP contribution in [0.3, 0.4) is 0 Å². The molecule has 2 aliphatic rings. The van der Waals surface area contributed by atoms with Gasteiger partial charge in [0.2, 0.25) is 0 Å². The highest BCUT2D eigenvalue weighted by atomic mass is 16.5. The molecule has 2 aromatic carbocycles. The highest BCUT2D eigenvalue weighted by Gasteiger charge is 2.45. The second-order valence-electron chi connectivity index (χ2n) is 11.1. The van der Waals surface area contributed by atoms with Gasteiger partial charge < -0.3 is 24.8 Å². The van der Waals surface area contributed by atoms with E-state index in [9.17, 15) is 15.0 Å². The molecular weight excluding hydrogens is 506 g/mol. The van der Waals surface area contributed by atoms with Crippen LogP contribution in [0.5, 0.6) is 0 Å². The van der Waals surface area contributed by atoms with Crippen LogP contribution in [0.15, 0.2) is 66.7 Å². The molecule has 4 rings (SSSR count). The second-order valence-corrected chi connectivity index (χ2v) is 11.1. The maximum Gasteiger partial charge on any atom is 0.306 e. The molecule has 40 heavy (non-hydrogen) atoms.